The number of nitrogens with one attached hydrogen (secondary N) is 1. The Morgan fingerprint density at radius 1 is 1.35 bits per heavy atom. The van der Waals surface area contributed by atoms with Gasteiger partial charge in [-0.15, -0.1) is 0 Å². The average Bonchev–Trinajstić information content (AvgIpc) is 3.00. The van der Waals surface area contributed by atoms with Crippen LogP contribution in [0.4, 0.5) is 0 Å². The van der Waals surface area contributed by atoms with Gasteiger partial charge in [-0.2, -0.15) is 5.10 Å². The van der Waals surface area contributed by atoms with Gasteiger partial charge in [0.15, 0.2) is 0 Å². The second-order valence-corrected chi connectivity index (χ2v) is 4.86. The third-order valence-corrected chi connectivity index (χ3v) is 3.57. The molecule has 0 fully saturated rings. The van der Waals surface area contributed by atoms with E-state index >= 15 is 0 Å². The number of H-pyrrole nitrogens is 1. The number of benzene rings is 1. The van der Waals surface area contributed by atoms with Gasteiger partial charge in [0.25, 0.3) is 0 Å². The first-order valence-electron chi connectivity index (χ1n) is 6.44. The number of nitrogens with zero attached hydrogens (tertiary/aromatic N) is 2. The Balaban J connectivity index is 2.09. The fourth-order valence-corrected chi connectivity index (χ4v) is 2.62. The van der Waals surface area contributed by atoms with E-state index in [2.05, 4.69) is 10.1 Å². The molecule has 0 saturated carbocycles. The summed E-state index contributed by atoms with van der Waals surface area (Å²) in [7, 11) is 3.39. The van der Waals surface area contributed by atoms with Gasteiger partial charge in [0.05, 0.1) is 18.4 Å². The molecule has 20 heavy (non-hydrogen) atoms. The monoisotopic (exact) mass is 271 g/mol. The Hall–Kier alpha value is -2.27. The Kier molecular flexibility index (Phi) is 2.99. The third-order valence-electron chi connectivity index (χ3n) is 3.57. The molecule has 2 heterocycles. The van der Waals surface area contributed by atoms with Gasteiger partial charge < -0.3 is 14.8 Å². The van der Waals surface area contributed by atoms with Crippen LogP contribution in [0.1, 0.15) is 22.9 Å². The highest BCUT2D eigenvalue weighted by atomic mass is 16.5. The number of ether oxygens (including phenoxy) is 1. The zero-order chi connectivity index (χ0) is 14.3. The van der Waals surface area contributed by atoms with Crippen LogP contribution < -0.4 is 4.74 Å². The number of hydrogen-bond acceptors (Lipinski definition) is 3. The van der Waals surface area contributed by atoms with Crippen molar-refractivity contribution in [3.05, 3.63) is 47.3 Å². The van der Waals surface area contributed by atoms with Crippen molar-refractivity contribution in [3.8, 4) is 5.88 Å². The van der Waals surface area contributed by atoms with E-state index in [9.17, 15) is 5.11 Å². The summed E-state index contributed by atoms with van der Waals surface area (Å²) in [6.07, 6.45) is 1.13. The SMILES string of the molecule is COc1c(C(O)c2ccc3[nH]ccc3c2)c(C)nn1C. The maximum atomic E-state index is 10.7. The van der Waals surface area contributed by atoms with Crippen molar-refractivity contribution in [1.29, 1.82) is 0 Å². The van der Waals surface area contributed by atoms with Gasteiger partial charge in [0.2, 0.25) is 5.88 Å². The molecular formula is C15H17N3O2. The van der Waals surface area contributed by atoms with Crippen LogP contribution in [0.5, 0.6) is 5.88 Å². The van der Waals surface area contributed by atoms with E-state index in [0.29, 0.717) is 11.4 Å². The predicted molar refractivity (Wildman–Crippen MR) is 76.9 cm³/mol. The zero-order valence-corrected chi connectivity index (χ0v) is 11.7. The van der Waals surface area contributed by atoms with E-state index in [4.69, 9.17) is 4.74 Å². The lowest BCUT2D eigenvalue weighted by atomic mass is 10.0. The molecule has 5 nitrogen and oxygen atoms in total. The summed E-state index contributed by atoms with van der Waals surface area (Å²) in [4.78, 5) is 3.14. The molecule has 0 aliphatic carbocycles. The van der Waals surface area contributed by atoms with Crippen molar-refractivity contribution < 1.29 is 9.84 Å². The number of aromatic nitrogens is 3. The second kappa shape index (κ2) is 4.68. The van der Waals surface area contributed by atoms with Crippen molar-refractivity contribution in [1.82, 2.24) is 14.8 Å². The molecule has 1 aromatic carbocycles. The molecule has 1 atom stereocenters. The van der Waals surface area contributed by atoms with Crippen LogP contribution in [-0.4, -0.2) is 27.0 Å². The highest BCUT2D eigenvalue weighted by Gasteiger charge is 2.23. The van der Waals surface area contributed by atoms with Gasteiger partial charge in [0.1, 0.15) is 6.10 Å². The highest BCUT2D eigenvalue weighted by Crippen LogP contribution is 2.33. The summed E-state index contributed by atoms with van der Waals surface area (Å²) in [6.45, 7) is 1.87. The molecule has 3 aromatic rings. The minimum atomic E-state index is -0.752. The van der Waals surface area contributed by atoms with Crippen LogP contribution in [0.3, 0.4) is 0 Å². The molecule has 0 amide bonds. The van der Waals surface area contributed by atoms with Crippen LogP contribution in [0, 0.1) is 6.92 Å². The molecule has 0 saturated heterocycles. The first-order valence-corrected chi connectivity index (χ1v) is 6.44. The quantitative estimate of drug-likeness (QED) is 0.768. The summed E-state index contributed by atoms with van der Waals surface area (Å²) < 4.78 is 6.99. The molecule has 0 bridgehead atoms. The van der Waals surface area contributed by atoms with Crippen molar-refractivity contribution >= 4 is 10.9 Å². The average molecular weight is 271 g/mol. The first-order chi connectivity index (χ1) is 9.61. The number of aryl methyl sites for hydroxylation is 2. The maximum absolute atomic E-state index is 10.7. The van der Waals surface area contributed by atoms with Gasteiger partial charge in [-0.3, -0.25) is 0 Å². The topological polar surface area (TPSA) is 63.1 Å². The van der Waals surface area contributed by atoms with Crippen molar-refractivity contribution in [2.75, 3.05) is 7.11 Å². The van der Waals surface area contributed by atoms with Gasteiger partial charge in [-0.1, -0.05) is 6.07 Å². The van der Waals surface area contributed by atoms with Gasteiger partial charge in [0, 0.05) is 18.8 Å². The fraction of sp³-hybridized carbons (Fsp3) is 0.267. The highest BCUT2D eigenvalue weighted by molar-refractivity contribution is 5.80. The number of aromatic amines is 1. The maximum Gasteiger partial charge on any atom is 0.217 e. The lowest BCUT2D eigenvalue weighted by Gasteiger charge is -2.13. The van der Waals surface area contributed by atoms with Crippen molar-refractivity contribution in [2.24, 2.45) is 7.05 Å². The zero-order valence-electron chi connectivity index (χ0n) is 11.7. The second-order valence-electron chi connectivity index (χ2n) is 4.86. The number of methoxy groups -OCH3 is 1. The van der Waals surface area contributed by atoms with Crippen molar-refractivity contribution in [3.63, 3.8) is 0 Å². The molecule has 5 heteroatoms. The predicted octanol–water partition coefficient (Wildman–Crippen LogP) is 2.30. The molecule has 0 aliphatic rings. The van der Waals surface area contributed by atoms with Crippen LogP contribution >= 0.6 is 0 Å². The number of rotatable bonds is 3. The van der Waals surface area contributed by atoms with E-state index in [1.165, 1.54) is 0 Å². The lowest BCUT2D eigenvalue weighted by molar-refractivity contribution is 0.213. The van der Waals surface area contributed by atoms with Crippen LogP contribution in [0.25, 0.3) is 10.9 Å². The minimum Gasteiger partial charge on any atom is -0.481 e. The third kappa shape index (κ3) is 1.87. The number of fused-ring (bicyclic) bond motifs is 1. The summed E-state index contributed by atoms with van der Waals surface area (Å²) in [5.74, 6) is 0.587. The number of aliphatic hydroxyl groups excluding tert-OH is 1. The molecule has 2 N–H and O–H groups in total. The largest absolute Gasteiger partial charge is 0.481 e. The fourth-order valence-electron chi connectivity index (χ4n) is 2.62. The minimum absolute atomic E-state index is 0.587. The standard InChI is InChI=1S/C15H17N3O2/c1-9-13(15(20-3)18(2)17-9)14(19)11-4-5-12-10(8-11)6-7-16-12/h4-8,14,16,19H,1-3H3. The van der Waals surface area contributed by atoms with Crippen LogP contribution in [-0.2, 0) is 7.05 Å². The molecule has 2 aromatic heterocycles. The smallest absolute Gasteiger partial charge is 0.217 e. The number of aliphatic hydroxyl groups is 1. The van der Waals surface area contributed by atoms with Crippen molar-refractivity contribution in [2.45, 2.75) is 13.0 Å². The number of hydrogen-bond donors (Lipinski definition) is 2. The Morgan fingerprint density at radius 3 is 2.90 bits per heavy atom. The molecular weight excluding hydrogens is 254 g/mol. The lowest BCUT2D eigenvalue weighted by Crippen LogP contribution is -2.03. The Morgan fingerprint density at radius 2 is 2.15 bits per heavy atom. The molecule has 0 aliphatic heterocycles. The van der Waals surface area contributed by atoms with E-state index in [0.717, 1.165) is 22.2 Å². The molecule has 3 rings (SSSR count). The van der Waals surface area contributed by atoms with E-state index in [-0.39, 0.29) is 0 Å². The Bertz CT molecular complexity index is 758. The summed E-state index contributed by atoms with van der Waals surface area (Å²) in [5, 5.41) is 16.0. The van der Waals surface area contributed by atoms with Gasteiger partial charge >= 0.3 is 0 Å². The molecule has 1 unspecified atom stereocenters. The van der Waals surface area contributed by atoms with Gasteiger partial charge in [-0.05, 0) is 36.1 Å². The Labute approximate surface area is 116 Å². The van der Waals surface area contributed by atoms with E-state index < -0.39 is 6.10 Å². The van der Waals surface area contributed by atoms with Crippen LogP contribution in [0.2, 0.25) is 0 Å². The summed E-state index contributed by atoms with van der Waals surface area (Å²) in [5.41, 5.74) is 3.36. The van der Waals surface area contributed by atoms with E-state index in [1.54, 1.807) is 18.8 Å². The normalized spacial score (nSPS) is 12.8. The summed E-state index contributed by atoms with van der Waals surface area (Å²) >= 11 is 0. The van der Waals surface area contributed by atoms with Crippen LogP contribution in [0.15, 0.2) is 30.5 Å². The molecule has 0 spiro atoms. The molecule has 104 valence electrons. The van der Waals surface area contributed by atoms with Gasteiger partial charge in [-0.25, -0.2) is 4.68 Å². The van der Waals surface area contributed by atoms with E-state index in [1.807, 2.05) is 37.4 Å². The summed E-state index contributed by atoms with van der Waals surface area (Å²) in [6, 6.07) is 7.84. The molecule has 0 radical (unpaired) electrons. The first kappa shape index (κ1) is 12.7.